The van der Waals surface area contributed by atoms with E-state index in [0.717, 1.165) is 23.4 Å². The third-order valence-corrected chi connectivity index (χ3v) is 4.30. The second-order valence-electron chi connectivity index (χ2n) is 6.15. The molecular formula is C21H22N4O. The number of nitrogens with zero attached hydrogens (tertiary/aromatic N) is 2. The smallest absolute Gasteiger partial charge is 0.274 e. The molecule has 0 aliphatic carbocycles. The molecule has 1 amide bonds. The van der Waals surface area contributed by atoms with Crippen LogP contribution in [0.4, 0.5) is 17.3 Å². The molecule has 2 aromatic carbocycles. The summed E-state index contributed by atoms with van der Waals surface area (Å²) in [4.78, 5) is 21.1. The minimum absolute atomic E-state index is 0.253. The van der Waals surface area contributed by atoms with Gasteiger partial charge in [-0.15, -0.1) is 0 Å². The average molecular weight is 346 g/mol. The van der Waals surface area contributed by atoms with Crippen LogP contribution in [0.2, 0.25) is 0 Å². The maximum Gasteiger partial charge on any atom is 0.274 e. The molecule has 3 aromatic rings. The summed E-state index contributed by atoms with van der Waals surface area (Å²) in [6.45, 7) is 6.17. The molecule has 0 aliphatic heterocycles. The van der Waals surface area contributed by atoms with Gasteiger partial charge < -0.3 is 10.6 Å². The number of nitrogens with one attached hydrogen (secondary N) is 2. The minimum Gasteiger partial charge on any atom is -0.324 e. The normalized spacial score (nSPS) is 10.4. The SMILES string of the molecule is CCc1ccccc1NC(=O)c1ccnc(Nc2ccc(C)c(C)c2)n1. The summed E-state index contributed by atoms with van der Waals surface area (Å²) >= 11 is 0. The van der Waals surface area contributed by atoms with Crippen LogP contribution in [0.5, 0.6) is 0 Å². The molecule has 5 nitrogen and oxygen atoms in total. The maximum absolute atomic E-state index is 12.6. The Hall–Kier alpha value is -3.21. The summed E-state index contributed by atoms with van der Waals surface area (Å²) in [7, 11) is 0. The number of rotatable bonds is 5. The predicted molar refractivity (Wildman–Crippen MR) is 105 cm³/mol. The Morgan fingerprint density at radius 2 is 1.85 bits per heavy atom. The zero-order chi connectivity index (χ0) is 18.5. The summed E-state index contributed by atoms with van der Waals surface area (Å²) in [5, 5.41) is 6.08. The summed E-state index contributed by atoms with van der Waals surface area (Å²) in [6, 6.07) is 15.4. The largest absolute Gasteiger partial charge is 0.324 e. The van der Waals surface area contributed by atoms with Crippen LogP contribution in [-0.4, -0.2) is 15.9 Å². The van der Waals surface area contributed by atoms with Crippen molar-refractivity contribution in [1.29, 1.82) is 0 Å². The van der Waals surface area contributed by atoms with Gasteiger partial charge in [0, 0.05) is 17.6 Å². The van der Waals surface area contributed by atoms with Crippen LogP contribution in [-0.2, 0) is 6.42 Å². The van der Waals surface area contributed by atoms with E-state index in [-0.39, 0.29) is 5.91 Å². The molecule has 1 aromatic heterocycles. The van der Waals surface area contributed by atoms with E-state index in [4.69, 9.17) is 0 Å². The highest BCUT2D eigenvalue weighted by Gasteiger charge is 2.11. The van der Waals surface area contributed by atoms with E-state index in [1.165, 1.54) is 11.1 Å². The monoisotopic (exact) mass is 346 g/mol. The Morgan fingerprint density at radius 3 is 2.62 bits per heavy atom. The number of benzene rings is 2. The Labute approximate surface area is 153 Å². The molecule has 0 saturated heterocycles. The van der Waals surface area contributed by atoms with Crippen molar-refractivity contribution in [1.82, 2.24) is 9.97 Å². The molecule has 3 rings (SSSR count). The second-order valence-corrected chi connectivity index (χ2v) is 6.15. The standard InChI is InChI=1S/C21H22N4O/c1-4-16-7-5-6-8-18(16)24-20(26)19-11-12-22-21(25-19)23-17-10-9-14(2)15(3)13-17/h5-13H,4H2,1-3H3,(H,24,26)(H,22,23,25). The number of aromatic nitrogens is 2. The lowest BCUT2D eigenvalue weighted by molar-refractivity contribution is 0.102. The van der Waals surface area contributed by atoms with Crippen molar-refractivity contribution in [3.8, 4) is 0 Å². The van der Waals surface area contributed by atoms with Gasteiger partial charge in [0.15, 0.2) is 0 Å². The lowest BCUT2D eigenvalue weighted by Crippen LogP contribution is -2.15. The molecular weight excluding hydrogens is 324 g/mol. The molecule has 0 aliphatic rings. The van der Waals surface area contributed by atoms with Crippen LogP contribution in [0, 0.1) is 13.8 Å². The van der Waals surface area contributed by atoms with Gasteiger partial charge in [-0.25, -0.2) is 9.97 Å². The van der Waals surface area contributed by atoms with Crippen molar-refractivity contribution in [2.24, 2.45) is 0 Å². The summed E-state index contributed by atoms with van der Waals surface area (Å²) < 4.78 is 0. The zero-order valence-corrected chi connectivity index (χ0v) is 15.2. The third kappa shape index (κ3) is 4.06. The third-order valence-electron chi connectivity index (χ3n) is 4.30. The molecule has 5 heteroatoms. The first-order valence-corrected chi connectivity index (χ1v) is 8.63. The molecule has 0 atom stereocenters. The van der Waals surface area contributed by atoms with Gasteiger partial charge in [-0.1, -0.05) is 31.2 Å². The highest BCUT2D eigenvalue weighted by Crippen LogP contribution is 2.19. The number of para-hydroxylation sites is 1. The Bertz CT molecular complexity index is 937. The Morgan fingerprint density at radius 1 is 1.04 bits per heavy atom. The quantitative estimate of drug-likeness (QED) is 0.705. The van der Waals surface area contributed by atoms with Crippen molar-refractivity contribution >= 4 is 23.2 Å². The first-order chi connectivity index (χ1) is 12.6. The molecule has 0 unspecified atom stereocenters. The van der Waals surface area contributed by atoms with Crippen molar-refractivity contribution in [3.05, 3.63) is 77.1 Å². The molecule has 132 valence electrons. The Kier molecular flexibility index (Phi) is 5.27. The van der Waals surface area contributed by atoms with E-state index in [1.54, 1.807) is 12.3 Å². The first-order valence-electron chi connectivity index (χ1n) is 8.63. The molecule has 0 radical (unpaired) electrons. The van der Waals surface area contributed by atoms with Gasteiger partial charge in [-0.3, -0.25) is 4.79 Å². The number of amides is 1. The van der Waals surface area contributed by atoms with Gasteiger partial charge in [0.25, 0.3) is 5.91 Å². The number of carbonyl (C=O) groups is 1. The van der Waals surface area contributed by atoms with Crippen LogP contribution in [0.1, 0.15) is 34.1 Å². The van der Waals surface area contributed by atoms with Crippen molar-refractivity contribution in [2.75, 3.05) is 10.6 Å². The molecule has 0 spiro atoms. The number of anilines is 3. The van der Waals surface area contributed by atoms with Gasteiger partial charge in [0.1, 0.15) is 5.69 Å². The van der Waals surface area contributed by atoms with Crippen LogP contribution >= 0.6 is 0 Å². The van der Waals surface area contributed by atoms with Crippen LogP contribution in [0.3, 0.4) is 0 Å². The second kappa shape index (κ2) is 7.78. The van der Waals surface area contributed by atoms with Crippen molar-refractivity contribution < 1.29 is 4.79 Å². The van der Waals surface area contributed by atoms with Crippen LogP contribution in [0.25, 0.3) is 0 Å². The average Bonchev–Trinajstić information content (AvgIpc) is 2.65. The van der Waals surface area contributed by atoms with E-state index < -0.39 is 0 Å². The minimum atomic E-state index is -0.253. The van der Waals surface area contributed by atoms with E-state index in [1.807, 2.05) is 42.5 Å². The number of aryl methyl sites for hydroxylation is 3. The zero-order valence-electron chi connectivity index (χ0n) is 15.2. The van der Waals surface area contributed by atoms with Crippen LogP contribution < -0.4 is 10.6 Å². The fourth-order valence-electron chi connectivity index (χ4n) is 2.63. The fourth-order valence-corrected chi connectivity index (χ4v) is 2.63. The Balaban J connectivity index is 1.78. The topological polar surface area (TPSA) is 66.9 Å². The summed E-state index contributed by atoms with van der Waals surface area (Å²) in [5.74, 6) is 0.140. The highest BCUT2D eigenvalue weighted by molar-refractivity contribution is 6.03. The van der Waals surface area contributed by atoms with Gasteiger partial charge >= 0.3 is 0 Å². The van der Waals surface area contributed by atoms with E-state index in [2.05, 4.69) is 41.4 Å². The van der Waals surface area contributed by atoms with Gasteiger partial charge in [-0.2, -0.15) is 0 Å². The fraction of sp³-hybridized carbons (Fsp3) is 0.190. The van der Waals surface area contributed by atoms with Crippen molar-refractivity contribution in [3.63, 3.8) is 0 Å². The van der Waals surface area contributed by atoms with Gasteiger partial charge in [0.05, 0.1) is 0 Å². The van der Waals surface area contributed by atoms with E-state index >= 15 is 0 Å². The summed E-state index contributed by atoms with van der Waals surface area (Å²) in [5.41, 5.74) is 5.50. The van der Waals surface area contributed by atoms with Gasteiger partial charge in [0.2, 0.25) is 5.95 Å². The highest BCUT2D eigenvalue weighted by atomic mass is 16.1. The molecule has 2 N–H and O–H groups in total. The molecule has 1 heterocycles. The van der Waals surface area contributed by atoms with E-state index in [0.29, 0.717) is 11.6 Å². The lowest BCUT2D eigenvalue weighted by atomic mass is 10.1. The van der Waals surface area contributed by atoms with E-state index in [9.17, 15) is 4.79 Å². The maximum atomic E-state index is 12.6. The first kappa shape index (κ1) is 17.6. The van der Waals surface area contributed by atoms with Crippen LogP contribution in [0.15, 0.2) is 54.7 Å². The molecule has 0 fully saturated rings. The molecule has 0 saturated carbocycles. The summed E-state index contributed by atoms with van der Waals surface area (Å²) in [6.07, 6.45) is 2.43. The van der Waals surface area contributed by atoms with Crippen molar-refractivity contribution in [2.45, 2.75) is 27.2 Å². The lowest BCUT2D eigenvalue weighted by Gasteiger charge is -2.10. The predicted octanol–water partition coefficient (Wildman–Crippen LogP) is 4.65. The number of hydrogen-bond acceptors (Lipinski definition) is 4. The van der Waals surface area contributed by atoms with Gasteiger partial charge in [-0.05, 0) is 61.2 Å². The number of hydrogen-bond donors (Lipinski definition) is 2. The number of carbonyl (C=O) groups excluding carboxylic acids is 1. The molecule has 0 bridgehead atoms. The molecule has 26 heavy (non-hydrogen) atoms.